The van der Waals surface area contributed by atoms with Crippen molar-refractivity contribution in [2.75, 3.05) is 19.5 Å². The van der Waals surface area contributed by atoms with Gasteiger partial charge in [-0.25, -0.2) is 9.59 Å². The Kier molecular flexibility index (Phi) is 6.11. The van der Waals surface area contributed by atoms with Gasteiger partial charge in [0, 0.05) is 5.69 Å². The fraction of sp³-hybridized carbons (Fsp3) is 0.333. The summed E-state index contributed by atoms with van der Waals surface area (Å²) in [4.78, 5) is 47.5. The second-order valence-electron chi connectivity index (χ2n) is 5.77. The molecule has 138 valence electrons. The molecule has 0 saturated carbocycles. The van der Waals surface area contributed by atoms with Crippen molar-refractivity contribution in [1.82, 2.24) is 0 Å². The molecule has 2 rings (SSSR count). The minimum Gasteiger partial charge on any atom is -0.481 e. The normalized spacial score (nSPS) is 18.7. The largest absolute Gasteiger partial charge is 0.481 e. The Balaban J connectivity index is 2.30. The number of carboxylic acid groups (broad SMARTS) is 1. The number of ether oxygens (including phenoxy) is 2. The molecule has 26 heavy (non-hydrogen) atoms. The zero-order valence-electron chi connectivity index (χ0n) is 14.4. The third-order valence-electron chi connectivity index (χ3n) is 4.13. The molecule has 0 spiro atoms. The van der Waals surface area contributed by atoms with E-state index < -0.39 is 35.7 Å². The van der Waals surface area contributed by atoms with Gasteiger partial charge in [-0.15, -0.1) is 0 Å². The van der Waals surface area contributed by atoms with Crippen molar-refractivity contribution in [2.24, 2.45) is 11.8 Å². The van der Waals surface area contributed by atoms with E-state index in [1.165, 1.54) is 32.4 Å². The molecule has 8 nitrogen and oxygen atoms in total. The third-order valence-corrected chi connectivity index (χ3v) is 4.13. The number of carboxylic acids is 1. The van der Waals surface area contributed by atoms with E-state index >= 15 is 0 Å². The average Bonchev–Trinajstić information content (AvgIpc) is 2.66. The van der Waals surface area contributed by atoms with Crippen LogP contribution in [0.1, 0.15) is 33.6 Å². The second-order valence-corrected chi connectivity index (χ2v) is 5.77. The summed E-state index contributed by atoms with van der Waals surface area (Å²) in [6, 6.07) is 3.99. The number of carbonyl (C=O) groups is 4. The monoisotopic (exact) mass is 361 g/mol. The number of aliphatic carboxylic acids is 1. The van der Waals surface area contributed by atoms with Gasteiger partial charge in [-0.1, -0.05) is 12.2 Å². The smallest absolute Gasteiger partial charge is 0.337 e. The molecule has 1 aromatic rings. The van der Waals surface area contributed by atoms with Crippen LogP contribution in [0.15, 0.2) is 30.4 Å². The van der Waals surface area contributed by atoms with Crippen molar-refractivity contribution in [3.05, 3.63) is 41.5 Å². The van der Waals surface area contributed by atoms with Crippen LogP contribution in [0.25, 0.3) is 0 Å². The summed E-state index contributed by atoms with van der Waals surface area (Å²) in [5.74, 6) is -4.50. The first-order valence-electron chi connectivity index (χ1n) is 7.87. The molecule has 0 heterocycles. The molecule has 0 aromatic heterocycles. The van der Waals surface area contributed by atoms with Gasteiger partial charge in [0.15, 0.2) is 0 Å². The third kappa shape index (κ3) is 4.27. The number of benzene rings is 1. The molecule has 0 bridgehead atoms. The molecule has 1 aliphatic rings. The number of esters is 2. The van der Waals surface area contributed by atoms with Crippen molar-refractivity contribution in [3.8, 4) is 0 Å². The highest BCUT2D eigenvalue weighted by molar-refractivity contribution is 6.00. The summed E-state index contributed by atoms with van der Waals surface area (Å²) in [6.07, 6.45) is 4.05. The zero-order valence-corrected chi connectivity index (χ0v) is 14.4. The summed E-state index contributed by atoms with van der Waals surface area (Å²) >= 11 is 0. The quantitative estimate of drug-likeness (QED) is 0.607. The summed E-state index contributed by atoms with van der Waals surface area (Å²) in [7, 11) is 2.38. The molecule has 0 aliphatic heterocycles. The van der Waals surface area contributed by atoms with Gasteiger partial charge < -0.3 is 19.9 Å². The van der Waals surface area contributed by atoms with E-state index in [4.69, 9.17) is 0 Å². The summed E-state index contributed by atoms with van der Waals surface area (Å²) in [6.45, 7) is 0. The van der Waals surface area contributed by atoms with Crippen LogP contribution in [0.3, 0.4) is 0 Å². The van der Waals surface area contributed by atoms with Gasteiger partial charge in [0.2, 0.25) is 5.91 Å². The highest BCUT2D eigenvalue weighted by Crippen LogP contribution is 2.28. The molecule has 8 heteroatoms. The number of nitrogens with one attached hydrogen (secondary N) is 1. The van der Waals surface area contributed by atoms with E-state index in [0.717, 1.165) is 0 Å². The first-order chi connectivity index (χ1) is 12.4. The molecule has 0 radical (unpaired) electrons. The Morgan fingerprint density at radius 1 is 0.923 bits per heavy atom. The van der Waals surface area contributed by atoms with Crippen molar-refractivity contribution >= 4 is 29.5 Å². The Morgan fingerprint density at radius 3 is 1.88 bits per heavy atom. The van der Waals surface area contributed by atoms with Gasteiger partial charge in [0.05, 0.1) is 37.2 Å². The molecule has 0 unspecified atom stereocenters. The highest BCUT2D eigenvalue weighted by atomic mass is 16.5. The summed E-state index contributed by atoms with van der Waals surface area (Å²) < 4.78 is 9.28. The summed E-state index contributed by atoms with van der Waals surface area (Å²) in [5.41, 5.74) is 0.296. The van der Waals surface area contributed by atoms with Gasteiger partial charge >= 0.3 is 17.9 Å². The van der Waals surface area contributed by atoms with Crippen molar-refractivity contribution in [2.45, 2.75) is 12.8 Å². The van der Waals surface area contributed by atoms with Gasteiger partial charge in [-0.2, -0.15) is 0 Å². The number of allylic oxidation sites excluding steroid dienone is 2. The minimum absolute atomic E-state index is 0.0593. The topological polar surface area (TPSA) is 119 Å². The lowest BCUT2D eigenvalue weighted by molar-refractivity contribution is -0.146. The van der Waals surface area contributed by atoms with Crippen LogP contribution in [-0.4, -0.2) is 43.1 Å². The second kappa shape index (κ2) is 8.28. The number of hydrogen-bond donors (Lipinski definition) is 2. The predicted octanol–water partition coefficient (Wildman–Crippen LogP) is 1.87. The van der Waals surface area contributed by atoms with E-state index in [1.807, 2.05) is 0 Å². The highest BCUT2D eigenvalue weighted by Gasteiger charge is 2.34. The maximum atomic E-state index is 12.5. The van der Waals surface area contributed by atoms with Crippen LogP contribution in [-0.2, 0) is 19.1 Å². The molecular weight excluding hydrogens is 342 g/mol. The van der Waals surface area contributed by atoms with Gasteiger partial charge in [0.25, 0.3) is 0 Å². The average molecular weight is 361 g/mol. The lowest BCUT2D eigenvalue weighted by atomic mass is 9.82. The lowest BCUT2D eigenvalue weighted by Gasteiger charge is -2.24. The van der Waals surface area contributed by atoms with Crippen LogP contribution in [0.4, 0.5) is 5.69 Å². The fourth-order valence-electron chi connectivity index (χ4n) is 2.78. The SMILES string of the molecule is COC(=O)c1cc(NC(=O)[C@H]2CC=CC[C@H]2C(=O)O)cc(C(=O)OC)c1. The molecular formula is C18H19NO7. The molecule has 1 amide bonds. The zero-order chi connectivity index (χ0) is 19.3. The van der Waals surface area contributed by atoms with Crippen LogP contribution in [0, 0.1) is 11.8 Å². The number of rotatable bonds is 5. The van der Waals surface area contributed by atoms with Crippen LogP contribution >= 0.6 is 0 Å². The number of hydrogen-bond acceptors (Lipinski definition) is 6. The minimum atomic E-state index is -1.05. The van der Waals surface area contributed by atoms with Crippen LogP contribution in [0.5, 0.6) is 0 Å². The predicted molar refractivity (Wildman–Crippen MR) is 90.7 cm³/mol. The molecule has 2 atom stereocenters. The van der Waals surface area contributed by atoms with Gasteiger partial charge in [-0.3, -0.25) is 9.59 Å². The molecule has 2 N–H and O–H groups in total. The lowest BCUT2D eigenvalue weighted by Crippen LogP contribution is -2.34. The number of methoxy groups -OCH3 is 2. The Bertz CT molecular complexity index is 735. The van der Waals surface area contributed by atoms with Gasteiger partial charge in [0.1, 0.15) is 0 Å². The van der Waals surface area contributed by atoms with E-state index in [-0.39, 0.29) is 23.2 Å². The molecule has 0 saturated heterocycles. The Hall–Kier alpha value is -3.16. The van der Waals surface area contributed by atoms with Crippen molar-refractivity contribution < 1.29 is 33.8 Å². The first kappa shape index (κ1) is 19.2. The maximum absolute atomic E-state index is 12.5. The van der Waals surface area contributed by atoms with Crippen LogP contribution < -0.4 is 5.32 Å². The van der Waals surface area contributed by atoms with E-state index in [9.17, 15) is 24.3 Å². The fourth-order valence-corrected chi connectivity index (χ4v) is 2.78. The summed E-state index contributed by atoms with van der Waals surface area (Å²) in [5, 5.41) is 11.9. The molecule has 1 aromatic carbocycles. The van der Waals surface area contributed by atoms with Crippen molar-refractivity contribution in [1.29, 1.82) is 0 Å². The van der Waals surface area contributed by atoms with Crippen LogP contribution in [0.2, 0.25) is 0 Å². The molecule has 0 fully saturated rings. The van der Waals surface area contributed by atoms with E-state index in [1.54, 1.807) is 12.2 Å². The molecule has 1 aliphatic carbocycles. The number of carbonyl (C=O) groups excluding carboxylic acids is 3. The van der Waals surface area contributed by atoms with Crippen molar-refractivity contribution in [3.63, 3.8) is 0 Å². The first-order valence-corrected chi connectivity index (χ1v) is 7.87. The van der Waals surface area contributed by atoms with E-state index in [2.05, 4.69) is 14.8 Å². The maximum Gasteiger partial charge on any atom is 0.337 e. The van der Waals surface area contributed by atoms with E-state index in [0.29, 0.717) is 6.42 Å². The Morgan fingerprint density at radius 2 is 1.42 bits per heavy atom. The Labute approximate surface area is 149 Å². The number of anilines is 1. The number of amides is 1. The standard InChI is InChI=1S/C18H19NO7/c1-25-17(23)10-7-11(18(24)26-2)9-12(8-10)19-15(20)13-5-3-4-6-14(13)16(21)22/h3-4,7-9,13-14H,5-6H2,1-2H3,(H,19,20)(H,21,22)/t13-,14+/m0/s1. The van der Waals surface area contributed by atoms with Gasteiger partial charge in [-0.05, 0) is 31.0 Å².